The van der Waals surface area contributed by atoms with Crippen molar-refractivity contribution in [3.05, 3.63) is 33.8 Å². The second kappa shape index (κ2) is 10.9. The van der Waals surface area contributed by atoms with Crippen molar-refractivity contribution >= 4 is 49.9 Å². The molecule has 0 radical (unpaired) electrons. The Kier molecular flexibility index (Phi) is 9.32. The Morgan fingerprint density at radius 3 is 1.74 bits per heavy atom. The van der Waals surface area contributed by atoms with Crippen molar-refractivity contribution in [3.8, 4) is 0 Å². The molecule has 1 N–H and O–H groups in total. The Morgan fingerprint density at radius 2 is 1.35 bits per heavy atom. The van der Waals surface area contributed by atoms with Gasteiger partial charge in [-0.25, -0.2) is 0 Å². The Bertz CT molecular complexity index is 871. The molecule has 1 aromatic rings. The number of hydrogen-bond donors (Lipinski definition) is 1. The van der Waals surface area contributed by atoms with Gasteiger partial charge in [-0.3, -0.25) is 19.4 Å². The van der Waals surface area contributed by atoms with Gasteiger partial charge in [-0.05, 0) is 45.9 Å². The molecule has 0 aliphatic carbocycles. The Hall–Kier alpha value is -0.760. The summed E-state index contributed by atoms with van der Waals surface area (Å²) in [7, 11) is -8.42. The van der Waals surface area contributed by atoms with Crippen LogP contribution >= 0.6 is 38.4 Å². The van der Waals surface area contributed by atoms with E-state index in [1.807, 2.05) is 0 Å². The van der Waals surface area contributed by atoms with Crippen molar-refractivity contribution in [1.29, 1.82) is 0 Å². The van der Waals surface area contributed by atoms with E-state index in [1.54, 1.807) is 27.7 Å². The predicted molar refractivity (Wildman–Crippen MR) is 120 cm³/mol. The van der Waals surface area contributed by atoms with E-state index >= 15 is 0 Å². The van der Waals surface area contributed by atoms with Crippen LogP contribution in [0, 0.1) is 0 Å². The van der Waals surface area contributed by atoms with Crippen LogP contribution in [-0.4, -0.2) is 42.9 Å². The van der Waals surface area contributed by atoms with Gasteiger partial charge in [0.2, 0.25) is 5.78 Å². The molecule has 0 amide bonds. The second-order valence-corrected chi connectivity index (χ2v) is 12.1. The van der Waals surface area contributed by atoms with Gasteiger partial charge in [0.15, 0.2) is 0 Å². The lowest BCUT2D eigenvalue weighted by Crippen LogP contribution is -2.42. The van der Waals surface area contributed by atoms with E-state index in [0.717, 1.165) is 0 Å². The van der Waals surface area contributed by atoms with Crippen molar-refractivity contribution < 1.29 is 32.0 Å². The molecule has 0 saturated carbocycles. The molecule has 9 nitrogen and oxygen atoms in total. The highest BCUT2D eigenvalue weighted by molar-refractivity contribution is 7.74. The Morgan fingerprint density at radius 1 is 0.935 bits per heavy atom. The van der Waals surface area contributed by atoms with Crippen LogP contribution in [0.15, 0.2) is 23.3 Å². The van der Waals surface area contributed by atoms with Gasteiger partial charge in [0.25, 0.3) is 5.02 Å². The maximum absolute atomic E-state index is 13.9. The molecular weight excluding hydrogens is 489 g/mol. The summed E-state index contributed by atoms with van der Waals surface area (Å²) in [5.41, 5.74) is 2.69. The number of carbonyl (C=O) groups is 1. The fourth-order valence-electron chi connectivity index (χ4n) is 3.10. The third kappa shape index (κ3) is 5.26. The van der Waals surface area contributed by atoms with E-state index in [9.17, 15) is 13.9 Å². The highest BCUT2D eigenvalue weighted by Gasteiger charge is 2.68. The average Bonchev–Trinajstić information content (AvgIpc) is 3.15. The summed E-state index contributed by atoms with van der Waals surface area (Å²) in [5, 5.41) is 2.54. The molecule has 2 rings (SSSR count). The molecule has 0 spiro atoms. The molecule has 0 fully saturated rings. The topological polar surface area (TPSA) is 113 Å². The third-order valence-electron chi connectivity index (χ3n) is 4.27. The number of halogens is 2. The number of rotatable bonds is 12. The zero-order chi connectivity index (χ0) is 23.3. The summed E-state index contributed by atoms with van der Waals surface area (Å²) in [5.74, 6) is -0.544. The van der Waals surface area contributed by atoms with Crippen molar-refractivity contribution in [3.63, 3.8) is 0 Å². The first-order chi connectivity index (χ1) is 14.6. The molecule has 13 heteroatoms. The van der Waals surface area contributed by atoms with Gasteiger partial charge < -0.3 is 18.1 Å². The number of benzene rings is 1. The lowest BCUT2D eigenvalue weighted by atomic mass is 10.1. The van der Waals surface area contributed by atoms with E-state index in [1.165, 1.54) is 18.2 Å². The molecule has 1 aliphatic heterocycles. The van der Waals surface area contributed by atoms with Crippen LogP contribution < -0.4 is 5.43 Å². The van der Waals surface area contributed by atoms with Crippen LogP contribution in [0.1, 0.15) is 44.5 Å². The lowest BCUT2D eigenvalue weighted by molar-refractivity contribution is 0.106. The lowest BCUT2D eigenvalue weighted by Gasteiger charge is -2.38. The number of ketones is 1. The molecule has 0 saturated heterocycles. The summed E-state index contributed by atoms with van der Waals surface area (Å²) in [6.45, 7) is 6.42. The highest BCUT2D eigenvalue weighted by atomic mass is 35.5. The third-order valence-corrected chi connectivity index (χ3v) is 10.9. The predicted octanol–water partition coefficient (Wildman–Crippen LogP) is 5.71. The minimum atomic E-state index is -4.21. The number of nitrogens with one attached hydrogen (secondary N) is 1. The number of hydrogen-bond acceptors (Lipinski definition) is 9. The smallest absolute Gasteiger partial charge is 0.307 e. The molecule has 31 heavy (non-hydrogen) atoms. The van der Waals surface area contributed by atoms with E-state index in [-0.39, 0.29) is 54.2 Å². The Labute approximate surface area is 191 Å². The van der Waals surface area contributed by atoms with E-state index < -0.39 is 26.0 Å². The van der Waals surface area contributed by atoms with Crippen LogP contribution in [0.5, 0.6) is 0 Å². The number of nitrogens with zero attached hydrogens (tertiary/aromatic N) is 1. The maximum atomic E-state index is 13.9. The normalized spacial score (nSPS) is 16.1. The molecular formula is C18H26Cl2N2O7P2. The van der Waals surface area contributed by atoms with Gasteiger partial charge in [-0.2, -0.15) is 5.10 Å². The standard InChI is InChI=1S/C18H26Cl2N2O7P2/c1-5-26-30(24,27-6-2)18(31(25,28-7-3)29-8-4)12-16(21-22-18)17(23)13-9-14(19)11-15(20)10-13/h9-11,22H,5-8,12H2,1-4H3. The average molecular weight is 515 g/mol. The molecule has 0 aromatic heterocycles. The van der Waals surface area contributed by atoms with Crippen LogP contribution in [-0.2, 0) is 27.2 Å². The van der Waals surface area contributed by atoms with Gasteiger partial charge in [0.1, 0.15) is 5.71 Å². The van der Waals surface area contributed by atoms with Gasteiger partial charge in [0, 0.05) is 22.0 Å². The van der Waals surface area contributed by atoms with Crippen molar-refractivity contribution in [2.24, 2.45) is 5.10 Å². The quantitative estimate of drug-likeness (QED) is 0.278. The molecule has 0 atom stereocenters. The summed E-state index contributed by atoms with van der Waals surface area (Å²) >= 11 is 12.0. The van der Waals surface area contributed by atoms with E-state index in [4.69, 9.17) is 41.3 Å². The van der Waals surface area contributed by atoms with Gasteiger partial charge in [0.05, 0.1) is 26.4 Å². The minimum absolute atomic E-state index is 0.00780. The number of carbonyl (C=O) groups excluding carboxylic acids is 1. The van der Waals surface area contributed by atoms with Crippen molar-refractivity contribution in [2.75, 3.05) is 26.4 Å². The van der Waals surface area contributed by atoms with Gasteiger partial charge in [-0.15, -0.1) is 0 Å². The molecule has 0 bridgehead atoms. The monoisotopic (exact) mass is 514 g/mol. The summed E-state index contributed by atoms with van der Waals surface area (Å²) in [4.78, 5) is 13.1. The van der Waals surface area contributed by atoms with Crippen LogP contribution in [0.2, 0.25) is 10.0 Å². The number of hydrazone groups is 1. The van der Waals surface area contributed by atoms with E-state index in [2.05, 4.69) is 10.5 Å². The van der Waals surface area contributed by atoms with Crippen LogP contribution in [0.4, 0.5) is 0 Å². The first-order valence-corrected chi connectivity index (χ1v) is 13.6. The maximum Gasteiger partial charge on any atom is 0.370 e. The molecule has 1 aliphatic rings. The first-order valence-electron chi connectivity index (χ1n) is 9.74. The van der Waals surface area contributed by atoms with Gasteiger partial charge in [-0.1, -0.05) is 23.2 Å². The first kappa shape index (κ1) is 26.5. The Balaban J connectivity index is 2.57. The van der Waals surface area contributed by atoms with Gasteiger partial charge >= 0.3 is 15.2 Å². The zero-order valence-corrected chi connectivity index (χ0v) is 21.0. The number of Topliss-reactive ketones (excluding diaryl/α,β-unsaturated/α-hetero) is 1. The largest absolute Gasteiger partial charge is 0.370 e. The summed E-state index contributed by atoms with van der Waals surface area (Å²) in [6, 6.07) is 4.33. The molecule has 1 aromatic carbocycles. The molecule has 0 unspecified atom stereocenters. The minimum Gasteiger partial charge on any atom is -0.307 e. The SMILES string of the molecule is CCOP(=O)(OCC)C1(P(=O)(OCC)OCC)CC(C(=O)c2cc(Cl)cc(Cl)c2)=NN1. The second-order valence-electron chi connectivity index (χ2n) is 6.32. The summed E-state index contributed by atoms with van der Waals surface area (Å²) in [6.07, 6.45) is -0.384. The molecule has 1 heterocycles. The van der Waals surface area contributed by atoms with Crippen LogP contribution in [0.3, 0.4) is 0 Å². The van der Waals surface area contributed by atoms with Crippen molar-refractivity contribution in [2.45, 2.75) is 39.1 Å². The van der Waals surface area contributed by atoms with E-state index in [0.29, 0.717) is 0 Å². The highest BCUT2D eigenvalue weighted by Crippen LogP contribution is 2.78. The zero-order valence-electron chi connectivity index (χ0n) is 17.7. The van der Waals surface area contributed by atoms with Crippen molar-refractivity contribution in [1.82, 2.24) is 5.43 Å². The fraction of sp³-hybridized carbons (Fsp3) is 0.556. The van der Waals surface area contributed by atoms with Crippen LogP contribution in [0.25, 0.3) is 0 Å². The summed E-state index contributed by atoms with van der Waals surface area (Å²) < 4.78 is 49.7. The fourth-order valence-corrected chi connectivity index (χ4v) is 8.91. The molecule has 174 valence electrons.